The van der Waals surface area contributed by atoms with Gasteiger partial charge in [0.25, 0.3) is 0 Å². The summed E-state index contributed by atoms with van der Waals surface area (Å²) < 4.78 is 40.3. The minimum Gasteiger partial charge on any atom is -0.399 e. The third kappa shape index (κ3) is 2.31. The standard InChI is InChI=1S/C14H11F3N4/c1-21-12(20-11-3-2-4-19-13(11)21)8-5-9(14(15,16)17)7-10(18)6-8/h2-7H,18H2,1H3. The topological polar surface area (TPSA) is 56.7 Å². The molecule has 0 unspecified atom stereocenters. The van der Waals surface area contributed by atoms with Crippen molar-refractivity contribution in [1.29, 1.82) is 0 Å². The number of benzene rings is 1. The second-order valence-electron chi connectivity index (χ2n) is 4.68. The molecule has 0 spiro atoms. The van der Waals surface area contributed by atoms with Crippen molar-refractivity contribution < 1.29 is 13.2 Å². The normalized spacial score (nSPS) is 12.0. The summed E-state index contributed by atoms with van der Waals surface area (Å²) in [6.45, 7) is 0. The van der Waals surface area contributed by atoms with Crippen LogP contribution in [0.1, 0.15) is 5.56 Å². The van der Waals surface area contributed by atoms with E-state index in [2.05, 4.69) is 9.97 Å². The Kier molecular flexibility index (Phi) is 2.86. The number of hydrogen-bond acceptors (Lipinski definition) is 3. The number of alkyl halides is 3. The van der Waals surface area contributed by atoms with Crippen LogP contribution in [-0.4, -0.2) is 14.5 Å². The van der Waals surface area contributed by atoms with Gasteiger partial charge < -0.3 is 10.3 Å². The molecule has 7 heteroatoms. The highest BCUT2D eigenvalue weighted by Crippen LogP contribution is 2.34. The third-order valence-electron chi connectivity index (χ3n) is 3.17. The van der Waals surface area contributed by atoms with E-state index in [9.17, 15) is 13.2 Å². The van der Waals surface area contributed by atoms with Gasteiger partial charge >= 0.3 is 6.18 Å². The third-order valence-corrected chi connectivity index (χ3v) is 3.17. The zero-order valence-corrected chi connectivity index (χ0v) is 11.0. The van der Waals surface area contributed by atoms with Crippen molar-refractivity contribution in [2.75, 3.05) is 5.73 Å². The van der Waals surface area contributed by atoms with E-state index in [1.54, 1.807) is 29.9 Å². The van der Waals surface area contributed by atoms with Crippen molar-refractivity contribution in [1.82, 2.24) is 14.5 Å². The Morgan fingerprint density at radius 3 is 2.62 bits per heavy atom. The van der Waals surface area contributed by atoms with Crippen molar-refractivity contribution in [2.24, 2.45) is 7.05 Å². The van der Waals surface area contributed by atoms with E-state index in [-0.39, 0.29) is 5.69 Å². The molecule has 0 atom stereocenters. The highest BCUT2D eigenvalue weighted by Gasteiger charge is 2.31. The van der Waals surface area contributed by atoms with E-state index in [4.69, 9.17) is 5.73 Å². The fourth-order valence-electron chi connectivity index (χ4n) is 2.23. The fraction of sp³-hybridized carbons (Fsp3) is 0.143. The molecule has 0 bridgehead atoms. The highest BCUT2D eigenvalue weighted by atomic mass is 19.4. The number of nitrogens with two attached hydrogens (primary N) is 1. The van der Waals surface area contributed by atoms with Crippen LogP contribution in [0.25, 0.3) is 22.6 Å². The van der Waals surface area contributed by atoms with Gasteiger partial charge in [0.1, 0.15) is 11.3 Å². The molecule has 4 nitrogen and oxygen atoms in total. The summed E-state index contributed by atoms with van der Waals surface area (Å²) in [6, 6.07) is 6.89. The summed E-state index contributed by atoms with van der Waals surface area (Å²) in [5.74, 6) is 0.390. The summed E-state index contributed by atoms with van der Waals surface area (Å²) >= 11 is 0. The molecule has 2 aromatic heterocycles. The monoisotopic (exact) mass is 292 g/mol. The number of rotatable bonds is 1. The number of hydrogen-bond donors (Lipinski definition) is 1. The quantitative estimate of drug-likeness (QED) is 0.700. The number of aromatic nitrogens is 3. The first kappa shape index (κ1) is 13.4. The predicted octanol–water partition coefficient (Wildman–Crippen LogP) is 3.24. The van der Waals surface area contributed by atoms with Gasteiger partial charge in [-0.2, -0.15) is 13.2 Å². The van der Waals surface area contributed by atoms with Crippen molar-refractivity contribution in [3.05, 3.63) is 42.1 Å². The molecule has 0 radical (unpaired) electrons. The molecule has 0 aliphatic heterocycles. The maximum atomic E-state index is 12.9. The smallest absolute Gasteiger partial charge is 0.399 e. The summed E-state index contributed by atoms with van der Waals surface area (Å²) in [4.78, 5) is 8.49. The Bertz CT molecular complexity index is 821. The Hall–Kier alpha value is -2.57. The minimum absolute atomic E-state index is 0.0415. The number of nitrogen functional groups attached to an aromatic ring is 1. The van der Waals surface area contributed by atoms with Crippen LogP contribution in [-0.2, 0) is 13.2 Å². The number of aryl methyl sites for hydroxylation is 1. The Labute approximate surface area is 118 Å². The molecule has 2 heterocycles. The van der Waals surface area contributed by atoms with Crippen LogP contribution in [0.15, 0.2) is 36.5 Å². The number of halogens is 3. The van der Waals surface area contributed by atoms with Crippen molar-refractivity contribution in [3.63, 3.8) is 0 Å². The van der Waals surface area contributed by atoms with Gasteiger partial charge in [-0.05, 0) is 30.3 Å². The number of fused-ring (bicyclic) bond motifs is 1. The molecule has 0 fully saturated rings. The Morgan fingerprint density at radius 1 is 1.19 bits per heavy atom. The Balaban J connectivity index is 2.23. The lowest BCUT2D eigenvalue weighted by Crippen LogP contribution is -2.06. The molecular formula is C14H11F3N4. The molecular weight excluding hydrogens is 281 g/mol. The summed E-state index contributed by atoms with van der Waals surface area (Å²) in [5, 5.41) is 0. The van der Waals surface area contributed by atoms with Gasteiger partial charge in [0.2, 0.25) is 0 Å². The molecule has 0 aliphatic carbocycles. The van der Waals surface area contributed by atoms with Crippen LogP contribution in [0.5, 0.6) is 0 Å². The number of anilines is 1. The second-order valence-corrected chi connectivity index (χ2v) is 4.68. The number of pyridine rings is 1. The molecule has 0 aliphatic rings. The van der Waals surface area contributed by atoms with E-state index in [1.165, 1.54) is 6.07 Å². The van der Waals surface area contributed by atoms with E-state index in [0.717, 1.165) is 12.1 Å². The van der Waals surface area contributed by atoms with Gasteiger partial charge in [0.05, 0.1) is 5.56 Å². The van der Waals surface area contributed by atoms with Crippen LogP contribution >= 0.6 is 0 Å². The summed E-state index contributed by atoms with van der Waals surface area (Å²) in [6.07, 6.45) is -2.85. The maximum Gasteiger partial charge on any atom is 0.416 e. The zero-order chi connectivity index (χ0) is 15.2. The molecule has 0 amide bonds. The van der Waals surface area contributed by atoms with Crippen LogP contribution in [0.4, 0.5) is 18.9 Å². The average molecular weight is 292 g/mol. The van der Waals surface area contributed by atoms with Crippen molar-refractivity contribution >= 4 is 16.9 Å². The van der Waals surface area contributed by atoms with E-state index in [0.29, 0.717) is 22.6 Å². The lowest BCUT2D eigenvalue weighted by Gasteiger charge is -2.10. The van der Waals surface area contributed by atoms with Crippen LogP contribution in [0.3, 0.4) is 0 Å². The lowest BCUT2D eigenvalue weighted by molar-refractivity contribution is -0.137. The molecule has 1 aromatic carbocycles. The first-order valence-electron chi connectivity index (χ1n) is 6.12. The van der Waals surface area contributed by atoms with Gasteiger partial charge in [-0.1, -0.05) is 0 Å². The highest BCUT2D eigenvalue weighted by molar-refractivity contribution is 5.77. The summed E-state index contributed by atoms with van der Waals surface area (Å²) in [7, 11) is 1.70. The van der Waals surface area contributed by atoms with E-state index < -0.39 is 11.7 Å². The molecule has 2 N–H and O–H groups in total. The number of imidazole rings is 1. The minimum atomic E-state index is -4.45. The van der Waals surface area contributed by atoms with Crippen LogP contribution < -0.4 is 5.73 Å². The molecule has 0 saturated carbocycles. The first-order chi connectivity index (χ1) is 9.86. The predicted molar refractivity (Wildman–Crippen MR) is 73.4 cm³/mol. The fourth-order valence-corrected chi connectivity index (χ4v) is 2.23. The SMILES string of the molecule is Cn1c(-c2cc(N)cc(C(F)(F)F)c2)nc2cccnc21. The lowest BCUT2D eigenvalue weighted by atomic mass is 10.1. The molecule has 3 rings (SSSR count). The van der Waals surface area contributed by atoms with Crippen molar-refractivity contribution in [2.45, 2.75) is 6.18 Å². The zero-order valence-electron chi connectivity index (χ0n) is 11.0. The molecule has 21 heavy (non-hydrogen) atoms. The van der Waals surface area contributed by atoms with E-state index >= 15 is 0 Å². The molecule has 108 valence electrons. The second kappa shape index (κ2) is 4.47. The average Bonchev–Trinajstić information content (AvgIpc) is 2.75. The first-order valence-corrected chi connectivity index (χ1v) is 6.12. The van der Waals surface area contributed by atoms with Crippen LogP contribution in [0.2, 0.25) is 0 Å². The Morgan fingerprint density at radius 2 is 1.95 bits per heavy atom. The van der Waals surface area contributed by atoms with Gasteiger partial charge in [-0.3, -0.25) is 0 Å². The molecule has 0 saturated heterocycles. The van der Waals surface area contributed by atoms with Crippen molar-refractivity contribution in [3.8, 4) is 11.4 Å². The maximum absolute atomic E-state index is 12.9. The van der Waals surface area contributed by atoms with Gasteiger partial charge in [-0.25, -0.2) is 9.97 Å². The number of nitrogens with zero attached hydrogens (tertiary/aromatic N) is 3. The van der Waals surface area contributed by atoms with E-state index in [1.807, 2.05) is 0 Å². The van der Waals surface area contributed by atoms with Gasteiger partial charge in [-0.15, -0.1) is 0 Å². The van der Waals surface area contributed by atoms with Gasteiger partial charge in [0, 0.05) is 24.5 Å². The summed E-state index contributed by atoms with van der Waals surface area (Å²) in [5.41, 5.74) is 6.36. The van der Waals surface area contributed by atoms with Crippen LogP contribution in [0, 0.1) is 0 Å². The molecule has 3 aromatic rings. The largest absolute Gasteiger partial charge is 0.416 e. The van der Waals surface area contributed by atoms with Gasteiger partial charge in [0.15, 0.2) is 5.65 Å².